The molecule has 0 heterocycles. The van der Waals surface area contributed by atoms with E-state index in [0.29, 0.717) is 0 Å². The minimum absolute atomic E-state index is 0.0266. The predicted octanol–water partition coefficient (Wildman–Crippen LogP) is 2.19. The van der Waals surface area contributed by atoms with Crippen molar-refractivity contribution >= 4 is 11.6 Å². The molecule has 0 saturated carbocycles. The van der Waals surface area contributed by atoms with Gasteiger partial charge in [0.1, 0.15) is 0 Å². The molecule has 0 aliphatic carbocycles. The van der Waals surface area contributed by atoms with Gasteiger partial charge in [0, 0.05) is 5.69 Å². The molecule has 16 heavy (non-hydrogen) atoms. The maximum absolute atomic E-state index is 11.9. The lowest BCUT2D eigenvalue weighted by atomic mass is 10.1. The molecule has 1 rings (SSSR count). The lowest BCUT2D eigenvalue weighted by Crippen LogP contribution is -2.37. The zero-order valence-corrected chi connectivity index (χ0v) is 10.7. The average molecular weight is 220 g/mol. The molecule has 1 aromatic carbocycles. The van der Waals surface area contributed by atoms with Gasteiger partial charge in [0.15, 0.2) is 0 Å². The lowest BCUT2D eigenvalue weighted by Gasteiger charge is -2.19. The topological polar surface area (TPSA) is 32.3 Å². The number of hydrogen-bond donors (Lipinski definition) is 1. The van der Waals surface area contributed by atoms with E-state index in [9.17, 15) is 4.79 Å². The van der Waals surface area contributed by atoms with Crippen molar-refractivity contribution in [2.45, 2.75) is 26.8 Å². The van der Waals surface area contributed by atoms with Crippen molar-refractivity contribution in [3.63, 3.8) is 0 Å². The molecular formula is C13H20N2O. The Morgan fingerprint density at radius 2 is 1.94 bits per heavy atom. The molecule has 0 fully saturated rings. The number of rotatable bonds is 3. The zero-order valence-electron chi connectivity index (χ0n) is 10.7. The fourth-order valence-corrected chi connectivity index (χ4v) is 1.34. The Labute approximate surface area is 97.5 Å². The van der Waals surface area contributed by atoms with Gasteiger partial charge in [-0.15, -0.1) is 0 Å². The van der Waals surface area contributed by atoms with Gasteiger partial charge >= 0.3 is 0 Å². The van der Waals surface area contributed by atoms with Crippen LogP contribution in [0.3, 0.4) is 0 Å². The van der Waals surface area contributed by atoms with E-state index in [1.807, 2.05) is 58.0 Å². The molecule has 1 aromatic rings. The van der Waals surface area contributed by atoms with E-state index >= 15 is 0 Å². The van der Waals surface area contributed by atoms with Crippen LogP contribution in [0.4, 0.5) is 5.69 Å². The quantitative estimate of drug-likeness (QED) is 0.847. The summed E-state index contributed by atoms with van der Waals surface area (Å²) in [6.07, 6.45) is 0. The van der Waals surface area contributed by atoms with E-state index < -0.39 is 0 Å². The van der Waals surface area contributed by atoms with Gasteiger partial charge < -0.3 is 5.32 Å². The molecule has 3 nitrogen and oxygen atoms in total. The summed E-state index contributed by atoms with van der Waals surface area (Å²) >= 11 is 0. The maximum atomic E-state index is 11.9. The highest BCUT2D eigenvalue weighted by Gasteiger charge is 2.15. The van der Waals surface area contributed by atoms with Crippen molar-refractivity contribution in [1.82, 2.24) is 4.90 Å². The minimum Gasteiger partial charge on any atom is -0.324 e. The summed E-state index contributed by atoms with van der Waals surface area (Å²) in [6.45, 7) is 5.90. The maximum Gasteiger partial charge on any atom is 0.241 e. The molecule has 1 N–H and O–H groups in total. The van der Waals surface area contributed by atoms with Crippen molar-refractivity contribution in [2.24, 2.45) is 0 Å². The SMILES string of the molecule is Cc1ccc(C)c(NC(=O)C(C)N(C)C)c1. The van der Waals surface area contributed by atoms with E-state index in [2.05, 4.69) is 5.32 Å². The molecule has 3 heteroatoms. The van der Waals surface area contributed by atoms with Crippen LogP contribution in [0, 0.1) is 13.8 Å². The Morgan fingerprint density at radius 1 is 1.31 bits per heavy atom. The Bertz CT molecular complexity index is 386. The number of aryl methyl sites for hydroxylation is 2. The van der Waals surface area contributed by atoms with Gasteiger partial charge in [0.2, 0.25) is 5.91 Å². The summed E-state index contributed by atoms with van der Waals surface area (Å²) < 4.78 is 0. The normalized spacial score (nSPS) is 12.6. The van der Waals surface area contributed by atoms with Gasteiger partial charge in [-0.25, -0.2) is 0 Å². The van der Waals surface area contributed by atoms with Gasteiger partial charge in [0.25, 0.3) is 0 Å². The van der Waals surface area contributed by atoms with Crippen molar-refractivity contribution < 1.29 is 4.79 Å². The van der Waals surface area contributed by atoms with Crippen molar-refractivity contribution in [3.05, 3.63) is 29.3 Å². The first kappa shape index (κ1) is 12.7. The summed E-state index contributed by atoms with van der Waals surface area (Å²) in [5.74, 6) is 0.0266. The van der Waals surface area contributed by atoms with Crippen LogP contribution in [0.15, 0.2) is 18.2 Å². The molecule has 1 unspecified atom stereocenters. The lowest BCUT2D eigenvalue weighted by molar-refractivity contribution is -0.119. The Morgan fingerprint density at radius 3 is 2.50 bits per heavy atom. The highest BCUT2D eigenvalue weighted by molar-refractivity contribution is 5.95. The van der Waals surface area contributed by atoms with Crippen LogP contribution < -0.4 is 5.32 Å². The minimum atomic E-state index is -0.125. The van der Waals surface area contributed by atoms with Gasteiger partial charge in [-0.2, -0.15) is 0 Å². The highest BCUT2D eigenvalue weighted by Crippen LogP contribution is 2.16. The van der Waals surface area contributed by atoms with Crippen molar-refractivity contribution in [3.8, 4) is 0 Å². The van der Waals surface area contributed by atoms with Gasteiger partial charge in [-0.3, -0.25) is 9.69 Å². The molecular weight excluding hydrogens is 200 g/mol. The summed E-state index contributed by atoms with van der Waals surface area (Å²) in [5.41, 5.74) is 3.14. The van der Waals surface area contributed by atoms with E-state index in [-0.39, 0.29) is 11.9 Å². The molecule has 0 radical (unpaired) electrons. The Kier molecular flexibility index (Phi) is 4.07. The Balaban J connectivity index is 2.80. The molecule has 0 bridgehead atoms. The van der Waals surface area contributed by atoms with Crippen LogP contribution >= 0.6 is 0 Å². The third-order valence-corrected chi connectivity index (χ3v) is 2.80. The molecule has 0 aliphatic heterocycles. The van der Waals surface area contributed by atoms with Crippen molar-refractivity contribution in [1.29, 1.82) is 0 Å². The number of carbonyl (C=O) groups excluding carboxylic acids is 1. The number of anilines is 1. The summed E-state index contributed by atoms with van der Waals surface area (Å²) in [6, 6.07) is 5.93. The summed E-state index contributed by atoms with van der Waals surface area (Å²) in [4.78, 5) is 13.8. The monoisotopic (exact) mass is 220 g/mol. The molecule has 0 saturated heterocycles. The van der Waals surface area contributed by atoms with E-state index in [4.69, 9.17) is 0 Å². The van der Waals surface area contributed by atoms with E-state index in [0.717, 1.165) is 16.8 Å². The molecule has 1 atom stereocenters. The van der Waals surface area contributed by atoms with Crippen LogP contribution in [0.1, 0.15) is 18.1 Å². The first-order chi connectivity index (χ1) is 7.41. The van der Waals surface area contributed by atoms with Crippen LogP contribution in [-0.2, 0) is 4.79 Å². The Hall–Kier alpha value is -1.35. The van der Waals surface area contributed by atoms with Gasteiger partial charge in [-0.05, 0) is 52.1 Å². The highest BCUT2D eigenvalue weighted by atomic mass is 16.2. The second-order valence-corrected chi connectivity index (χ2v) is 4.45. The fourth-order valence-electron chi connectivity index (χ4n) is 1.34. The molecule has 0 spiro atoms. The first-order valence-corrected chi connectivity index (χ1v) is 5.46. The number of nitrogens with one attached hydrogen (secondary N) is 1. The standard InChI is InChI=1S/C13H20N2O/c1-9-6-7-10(2)12(8-9)14-13(16)11(3)15(4)5/h6-8,11H,1-5H3,(H,14,16). The van der Waals surface area contributed by atoms with Crippen LogP contribution in [0.2, 0.25) is 0 Å². The van der Waals surface area contributed by atoms with Crippen LogP contribution in [0.5, 0.6) is 0 Å². The largest absolute Gasteiger partial charge is 0.324 e. The van der Waals surface area contributed by atoms with E-state index in [1.165, 1.54) is 0 Å². The fraction of sp³-hybridized carbons (Fsp3) is 0.462. The zero-order chi connectivity index (χ0) is 12.3. The smallest absolute Gasteiger partial charge is 0.241 e. The van der Waals surface area contributed by atoms with Gasteiger partial charge in [0.05, 0.1) is 6.04 Å². The number of nitrogens with zero attached hydrogens (tertiary/aromatic N) is 1. The molecule has 1 amide bonds. The first-order valence-electron chi connectivity index (χ1n) is 5.46. The third kappa shape index (κ3) is 3.07. The summed E-state index contributed by atoms with van der Waals surface area (Å²) in [5, 5.41) is 2.95. The third-order valence-electron chi connectivity index (χ3n) is 2.80. The second-order valence-electron chi connectivity index (χ2n) is 4.45. The summed E-state index contributed by atoms with van der Waals surface area (Å²) in [7, 11) is 3.79. The number of likely N-dealkylation sites (N-methyl/N-ethyl adjacent to an activating group) is 1. The number of benzene rings is 1. The van der Waals surface area contributed by atoms with Crippen LogP contribution in [-0.4, -0.2) is 30.9 Å². The second kappa shape index (κ2) is 5.12. The van der Waals surface area contributed by atoms with Crippen LogP contribution in [0.25, 0.3) is 0 Å². The van der Waals surface area contributed by atoms with Gasteiger partial charge in [-0.1, -0.05) is 12.1 Å². The van der Waals surface area contributed by atoms with Crippen molar-refractivity contribution in [2.75, 3.05) is 19.4 Å². The number of carbonyl (C=O) groups is 1. The van der Waals surface area contributed by atoms with E-state index in [1.54, 1.807) is 0 Å². The number of amides is 1. The molecule has 88 valence electrons. The molecule has 0 aliphatic rings. The number of hydrogen-bond acceptors (Lipinski definition) is 2. The predicted molar refractivity (Wildman–Crippen MR) is 67.7 cm³/mol. The molecule has 0 aromatic heterocycles. The average Bonchev–Trinajstić information content (AvgIpc) is 2.22.